The third-order valence-electron chi connectivity index (χ3n) is 4.37. The van der Waals surface area contributed by atoms with E-state index in [9.17, 15) is 4.79 Å². The van der Waals surface area contributed by atoms with Crippen molar-refractivity contribution in [1.29, 1.82) is 0 Å². The molecule has 0 bridgehead atoms. The minimum absolute atomic E-state index is 0. The van der Waals surface area contributed by atoms with E-state index in [0.29, 0.717) is 12.1 Å². The lowest BCUT2D eigenvalue weighted by Crippen LogP contribution is -2.52. The number of guanidine groups is 1. The number of piperazine rings is 1. The number of rotatable bonds is 5. The van der Waals surface area contributed by atoms with Crippen LogP contribution in [-0.4, -0.2) is 59.5 Å². The highest BCUT2D eigenvalue weighted by molar-refractivity contribution is 14.0. The number of aromatic nitrogens is 2. The van der Waals surface area contributed by atoms with Gasteiger partial charge in [-0.3, -0.25) is 4.79 Å². The number of carbonyl (C=O) groups excluding carboxylic acids is 1. The molecule has 3 N–H and O–H groups in total. The fraction of sp³-hybridized carbons (Fsp3) is 0.368. The zero-order chi connectivity index (χ0) is 19.1. The number of benzene rings is 1. The molecule has 1 aromatic carbocycles. The number of anilines is 1. The Balaban J connectivity index is 0.00000280. The Hall–Kier alpha value is -2.43. The summed E-state index contributed by atoms with van der Waals surface area (Å²) in [6.45, 7) is 6.69. The van der Waals surface area contributed by atoms with E-state index in [-0.39, 0.29) is 24.0 Å². The van der Waals surface area contributed by atoms with Gasteiger partial charge in [0.2, 0.25) is 11.9 Å². The molecule has 0 aliphatic carbocycles. The summed E-state index contributed by atoms with van der Waals surface area (Å²) in [4.78, 5) is 29.1. The van der Waals surface area contributed by atoms with Crippen molar-refractivity contribution in [3.63, 3.8) is 0 Å². The fourth-order valence-electron chi connectivity index (χ4n) is 2.99. The summed E-state index contributed by atoms with van der Waals surface area (Å²) in [5.74, 6) is 1.21. The average Bonchev–Trinajstić information content (AvgIpc) is 2.72. The van der Waals surface area contributed by atoms with Gasteiger partial charge in [-0.15, -0.1) is 24.0 Å². The molecule has 3 rings (SSSR count). The number of hydrogen-bond donors (Lipinski definition) is 2. The molecule has 0 unspecified atom stereocenters. The van der Waals surface area contributed by atoms with Crippen molar-refractivity contribution in [2.75, 3.05) is 37.6 Å². The number of primary amides is 1. The summed E-state index contributed by atoms with van der Waals surface area (Å²) in [5, 5.41) is 3.35. The number of nitrogens with one attached hydrogen (secondary N) is 1. The van der Waals surface area contributed by atoms with Crippen LogP contribution in [0.4, 0.5) is 5.95 Å². The molecule has 1 aliphatic rings. The first-order valence-electron chi connectivity index (χ1n) is 9.11. The van der Waals surface area contributed by atoms with E-state index < -0.39 is 5.91 Å². The molecule has 9 heteroatoms. The molecule has 1 aliphatic heterocycles. The molecule has 28 heavy (non-hydrogen) atoms. The maximum atomic E-state index is 11.3. The molecule has 1 amide bonds. The molecule has 150 valence electrons. The van der Waals surface area contributed by atoms with E-state index in [1.807, 2.05) is 18.2 Å². The second kappa shape index (κ2) is 10.8. The largest absolute Gasteiger partial charge is 0.366 e. The van der Waals surface area contributed by atoms with Gasteiger partial charge in [-0.05, 0) is 30.7 Å². The first-order chi connectivity index (χ1) is 13.2. The van der Waals surface area contributed by atoms with E-state index in [4.69, 9.17) is 10.7 Å². The molecule has 0 radical (unpaired) electrons. The zero-order valence-corrected chi connectivity index (χ0v) is 18.2. The summed E-state index contributed by atoms with van der Waals surface area (Å²) >= 11 is 0. The van der Waals surface area contributed by atoms with Gasteiger partial charge in [0.15, 0.2) is 5.96 Å². The van der Waals surface area contributed by atoms with Crippen molar-refractivity contribution in [3.05, 3.63) is 53.9 Å². The highest BCUT2D eigenvalue weighted by Gasteiger charge is 2.21. The van der Waals surface area contributed by atoms with E-state index in [1.165, 1.54) is 0 Å². The average molecular weight is 495 g/mol. The first-order valence-corrected chi connectivity index (χ1v) is 9.11. The van der Waals surface area contributed by atoms with Gasteiger partial charge in [0.25, 0.3) is 0 Å². The van der Waals surface area contributed by atoms with Crippen LogP contribution < -0.4 is 16.0 Å². The number of hydrogen-bond acceptors (Lipinski definition) is 5. The van der Waals surface area contributed by atoms with Gasteiger partial charge >= 0.3 is 0 Å². The second-order valence-electron chi connectivity index (χ2n) is 6.26. The van der Waals surface area contributed by atoms with E-state index >= 15 is 0 Å². The van der Waals surface area contributed by atoms with E-state index in [1.54, 1.807) is 24.5 Å². The van der Waals surface area contributed by atoms with Crippen LogP contribution in [0.15, 0.2) is 47.7 Å². The second-order valence-corrected chi connectivity index (χ2v) is 6.26. The van der Waals surface area contributed by atoms with Gasteiger partial charge in [-0.2, -0.15) is 0 Å². The Morgan fingerprint density at radius 1 is 1.18 bits per heavy atom. The van der Waals surface area contributed by atoms with Crippen LogP contribution in [0.1, 0.15) is 22.8 Å². The van der Waals surface area contributed by atoms with Crippen LogP contribution in [0.5, 0.6) is 0 Å². The highest BCUT2D eigenvalue weighted by Crippen LogP contribution is 2.11. The quantitative estimate of drug-likeness (QED) is 0.371. The normalized spacial score (nSPS) is 14.4. The number of aliphatic imine (C=N–C) groups is 1. The molecule has 0 saturated carbocycles. The van der Waals surface area contributed by atoms with Crippen molar-refractivity contribution < 1.29 is 4.79 Å². The Morgan fingerprint density at radius 2 is 1.89 bits per heavy atom. The lowest BCUT2D eigenvalue weighted by molar-refractivity contribution is 0.1000. The predicted octanol–water partition coefficient (Wildman–Crippen LogP) is 1.48. The number of nitrogens with two attached hydrogens (primary N) is 1. The summed E-state index contributed by atoms with van der Waals surface area (Å²) in [6.07, 6.45) is 3.53. The highest BCUT2D eigenvalue weighted by atomic mass is 127. The van der Waals surface area contributed by atoms with Crippen LogP contribution in [0.2, 0.25) is 0 Å². The molecular formula is C19H26IN7O. The van der Waals surface area contributed by atoms with Crippen LogP contribution in [0.25, 0.3) is 0 Å². The topological polar surface area (TPSA) is 99.7 Å². The van der Waals surface area contributed by atoms with Crippen LogP contribution >= 0.6 is 24.0 Å². The Bertz CT molecular complexity index is 792. The number of carbonyl (C=O) groups is 1. The van der Waals surface area contributed by atoms with Gasteiger partial charge in [0.05, 0.1) is 6.54 Å². The van der Waals surface area contributed by atoms with E-state index in [2.05, 4.69) is 32.0 Å². The van der Waals surface area contributed by atoms with Crippen LogP contribution in [0, 0.1) is 0 Å². The maximum absolute atomic E-state index is 11.3. The van der Waals surface area contributed by atoms with Gasteiger partial charge in [0.1, 0.15) is 0 Å². The lowest BCUT2D eigenvalue weighted by Gasteiger charge is -2.36. The van der Waals surface area contributed by atoms with Crippen LogP contribution in [-0.2, 0) is 6.54 Å². The maximum Gasteiger partial charge on any atom is 0.248 e. The Kier molecular flexibility index (Phi) is 8.42. The summed E-state index contributed by atoms with van der Waals surface area (Å²) in [5.41, 5.74) is 6.81. The molecule has 0 spiro atoms. The molecular weight excluding hydrogens is 469 g/mol. The predicted molar refractivity (Wildman–Crippen MR) is 121 cm³/mol. The number of halogens is 1. The Labute approximate surface area is 182 Å². The van der Waals surface area contributed by atoms with Gasteiger partial charge in [-0.25, -0.2) is 15.0 Å². The smallest absolute Gasteiger partial charge is 0.248 e. The standard InChI is InChI=1S/C19H25N7O.HI/c1-2-21-18(24-14-15-5-3-6-16(13-15)17(20)27)25-9-11-26(12-10-25)19-22-7-4-8-23-19;/h3-8,13H,2,9-12,14H2,1H3,(H2,20,27)(H,21,24);1H. The third kappa shape index (κ3) is 5.78. The van der Waals surface area contributed by atoms with Crippen molar-refractivity contribution in [2.24, 2.45) is 10.7 Å². The molecule has 8 nitrogen and oxygen atoms in total. The molecule has 2 heterocycles. The van der Waals surface area contributed by atoms with Crippen LogP contribution in [0.3, 0.4) is 0 Å². The summed E-state index contributed by atoms with van der Waals surface area (Å²) < 4.78 is 0. The SMILES string of the molecule is CCNC(=NCc1cccc(C(N)=O)c1)N1CCN(c2ncccn2)CC1.I. The Morgan fingerprint density at radius 3 is 2.54 bits per heavy atom. The first kappa shape index (κ1) is 21.9. The third-order valence-corrected chi connectivity index (χ3v) is 4.37. The van der Waals surface area contributed by atoms with Crippen molar-refractivity contribution in [3.8, 4) is 0 Å². The van der Waals surface area contributed by atoms with Crippen molar-refractivity contribution in [1.82, 2.24) is 20.2 Å². The summed E-state index contributed by atoms with van der Waals surface area (Å²) in [7, 11) is 0. The zero-order valence-electron chi connectivity index (χ0n) is 15.9. The molecule has 1 saturated heterocycles. The lowest BCUT2D eigenvalue weighted by atomic mass is 10.1. The molecule has 0 atom stereocenters. The fourth-order valence-corrected chi connectivity index (χ4v) is 2.99. The molecule has 1 aromatic heterocycles. The van der Waals surface area contributed by atoms with Crippen molar-refractivity contribution >= 4 is 41.8 Å². The minimum Gasteiger partial charge on any atom is -0.366 e. The summed E-state index contributed by atoms with van der Waals surface area (Å²) in [6, 6.07) is 9.11. The van der Waals surface area contributed by atoms with Gasteiger partial charge < -0.3 is 20.9 Å². The molecule has 1 fully saturated rings. The van der Waals surface area contributed by atoms with E-state index in [0.717, 1.165) is 50.2 Å². The monoisotopic (exact) mass is 495 g/mol. The van der Waals surface area contributed by atoms with Crippen molar-refractivity contribution in [2.45, 2.75) is 13.5 Å². The number of nitrogens with zero attached hydrogens (tertiary/aromatic N) is 5. The van der Waals surface area contributed by atoms with Gasteiger partial charge in [0, 0.05) is 50.7 Å². The van der Waals surface area contributed by atoms with Gasteiger partial charge in [-0.1, -0.05) is 12.1 Å². The number of amides is 1. The molecule has 2 aromatic rings. The minimum atomic E-state index is -0.424.